The van der Waals surface area contributed by atoms with Gasteiger partial charge in [-0.2, -0.15) is 0 Å². The van der Waals surface area contributed by atoms with Gasteiger partial charge in [0, 0.05) is 44.1 Å². The quantitative estimate of drug-likeness (QED) is 0.416. The molecule has 2 aromatic rings. The van der Waals surface area contributed by atoms with Crippen molar-refractivity contribution in [2.75, 3.05) is 46.5 Å². The highest BCUT2D eigenvalue weighted by atomic mass is 19.1. The van der Waals surface area contributed by atoms with E-state index in [4.69, 9.17) is 9.47 Å². The largest absolute Gasteiger partial charge is 0.507 e. The average molecular weight is 441 g/mol. The molecular weight excluding hydrogens is 417 g/mol. The fraction of sp³-hybridized carbons (Fsp3) is 0.348. The number of carbonyl (C=O) groups excluding carboxylic acids is 2. The van der Waals surface area contributed by atoms with Crippen LogP contribution >= 0.6 is 0 Å². The lowest BCUT2D eigenvalue weighted by Crippen LogP contribution is -2.42. The maximum absolute atomic E-state index is 14.3. The van der Waals surface area contributed by atoms with Gasteiger partial charge < -0.3 is 19.5 Å². The third-order valence-electron chi connectivity index (χ3n) is 5.75. The van der Waals surface area contributed by atoms with Gasteiger partial charge in [-0.25, -0.2) is 4.39 Å². The van der Waals surface area contributed by atoms with Crippen molar-refractivity contribution in [3.63, 3.8) is 0 Å². The topological polar surface area (TPSA) is 92.2 Å². The van der Waals surface area contributed by atoms with Gasteiger partial charge in [-0.3, -0.25) is 19.5 Å². The first-order valence-electron chi connectivity index (χ1n) is 10.3. The van der Waals surface area contributed by atoms with Gasteiger partial charge in [0.05, 0.1) is 31.9 Å². The Labute approximate surface area is 184 Å². The van der Waals surface area contributed by atoms with Gasteiger partial charge in [0.25, 0.3) is 11.7 Å². The molecule has 1 unspecified atom stereocenters. The lowest BCUT2D eigenvalue weighted by molar-refractivity contribution is -0.140. The van der Waals surface area contributed by atoms with Crippen LogP contribution < -0.4 is 4.74 Å². The van der Waals surface area contributed by atoms with E-state index in [1.807, 2.05) is 0 Å². The van der Waals surface area contributed by atoms with Gasteiger partial charge in [-0.15, -0.1) is 0 Å². The van der Waals surface area contributed by atoms with Crippen molar-refractivity contribution in [1.29, 1.82) is 0 Å². The number of aliphatic hydroxyl groups is 1. The number of benzene rings is 1. The molecule has 2 aliphatic heterocycles. The number of nitrogens with zero attached hydrogens (tertiary/aromatic N) is 3. The Balaban J connectivity index is 1.72. The third-order valence-corrected chi connectivity index (χ3v) is 5.75. The fourth-order valence-corrected chi connectivity index (χ4v) is 4.05. The molecule has 1 amide bonds. The Bertz CT molecular complexity index is 1040. The molecular formula is C23H24FN3O5. The van der Waals surface area contributed by atoms with Gasteiger partial charge >= 0.3 is 0 Å². The number of hydrogen-bond donors (Lipinski definition) is 1. The summed E-state index contributed by atoms with van der Waals surface area (Å²) in [5, 5.41) is 11.0. The second-order valence-electron chi connectivity index (χ2n) is 7.58. The number of morpholine rings is 1. The van der Waals surface area contributed by atoms with Gasteiger partial charge in [0.2, 0.25) is 0 Å². The molecule has 0 aliphatic carbocycles. The Morgan fingerprint density at radius 1 is 1.19 bits per heavy atom. The van der Waals surface area contributed by atoms with Crippen LogP contribution in [0.3, 0.4) is 0 Å². The van der Waals surface area contributed by atoms with Gasteiger partial charge in [0.15, 0.2) is 11.6 Å². The van der Waals surface area contributed by atoms with E-state index in [9.17, 15) is 19.1 Å². The summed E-state index contributed by atoms with van der Waals surface area (Å²) < 4.78 is 24.5. The smallest absolute Gasteiger partial charge is 0.295 e. The minimum atomic E-state index is -0.803. The standard InChI is InChI=1S/C23H24FN3O5/c1-31-18-3-2-16(14-17(18)24)21(28)19-20(15-4-6-25-7-5-15)27(23(30)22(19)29)9-8-26-10-12-32-13-11-26/h2-7,14,20,28H,8-13H2,1H3/b21-19-. The maximum Gasteiger partial charge on any atom is 0.295 e. The highest BCUT2D eigenvalue weighted by molar-refractivity contribution is 6.46. The second kappa shape index (κ2) is 9.46. The summed E-state index contributed by atoms with van der Waals surface area (Å²) in [7, 11) is 1.33. The maximum atomic E-state index is 14.3. The number of halogens is 1. The zero-order valence-corrected chi connectivity index (χ0v) is 17.7. The minimum Gasteiger partial charge on any atom is -0.507 e. The molecule has 8 nitrogen and oxygen atoms in total. The van der Waals surface area contributed by atoms with Crippen LogP contribution in [0.4, 0.5) is 4.39 Å². The van der Waals surface area contributed by atoms with Crippen molar-refractivity contribution in [1.82, 2.24) is 14.8 Å². The Kier molecular flexibility index (Phi) is 6.48. The molecule has 4 rings (SSSR count). The molecule has 2 fully saturated rings. The number of ketones is 1. The summed E-state index contributed by atoms with van der Waals surface area (Å²) in [4.78, 5) is 33.6. The number of carbonyl (C=O) groups is 2. The highest BCUT2D eigenvalue weighted by Gasteiger charge is 2.46. The number of methoxy groups -OCH3 is 1. The summed E-state index contributed by atoms with van der Waals surface area (Å²) in [5.41, 5.74) is 0.651. The molecule has 1 aromatic carbocycles. The van der Waals surface area contributed by atoms with Crippen molar-refractivity contribution in [3.05, 3.63) is 65.2 Å². The predicted octanol–water partition coefficient (Wildman–Crippen LogP) is 1.98. The number of aliphatic hydroxyl groups excluding tert-OH is 1. The van der Waals surface area contributed by atoms with E-state index in [-0.39, 0.29) is 16.9 Å². The molecule has 168 valence electrons. The van der Waals surface area contributed by atoms with E-state index in [1.165, 1.54) is 24.1 Å². The van der Waals surface area contributed by atoms with Gasteiger partial charge in [-0.05, 0) is 35.9 Å². The summed E-state index contributed by atoms with van der Waals surface area (Å²) >= 11 is 0. The number of pyridine rings is 1. The Morgan fingerprint density at radius 2 is 1.91 bits per heavy atom. The predicted molar refractivity (Wildman–Crippen MR) is 113 cm³/mol. The first kappa shape index (κ1) is 21.9. The summed E-state index contributed by atoms with van der Waals surface area (Å²) in [6, 6.07) is 6.48. The van der Waals surface area contributed by atoms with Crippen molar-refractivity contribution in [2.45, 2.75) is 6.04 Å². The molecule has 0 spiro atoms. The number of ether oxygens (including phenoxy) is 2. The van der Waals surface area contributed by atoms with Crippen molar-refractivity contribution in [3.8, 4) is 5.75 Å². The van der Waals surface area contributed by atoms with Gasteiger partial charge in [-0.1, -0.05) is 0 Å². The molecule has 1 atom stereocenters. The lowest BCUT2D eigenvalue weighted by Gasteiger charge is -2.31. The number of aromatic nitrogens is 1. The van der Waals surface area contributed by atoms with Crippen LogP contribution in [0, 0.1) is 5.82 Å². The molecule has 2 saturated heterocycles. The molecule has 0 bridgehead atoms. The van der Waals surface area contributed by atoms with E-state index in [0.29, 0.717) is 31.9 Å². The number of amides is 1. The van der Waals surface area contributed by atoms with Crippen LogP contribution in [0.1, 0.15) is 17.2 Å². The molecule has 9 heteroatoms. The summed E-state index contributed by atoms with van der Waals surface area (Å²) in [6.45, 7) is 3.59. The number of Topliss-reactive ketones (excluding diaryl/α,β-unsaturated/α-hetero) is 1. The first-order valence-corrected chi connectivity index (χ1v) is 10.3. The average Bonchev–Trinajstić information content (AvgIpc) is 3.08. The number of rotatable bonds is 6. The van der Waals surface area contributed by atoms with Crippen LogP contribution in [-0.2, 0) is 14.3 Å². The monoisotopic (exact) mass is 441 g/mol. The molecule has 0 saturated carbocycles. The highest BCUT2D eigenvalue weighted by Crippen LogP contribution is 2.39. The SMILES string of the molecule is COc1ccc(/C(O)=C2/C(=O)C(=O)N(CCN3CCOCC3)C2c2ccncc2)cc1F. The van der Waals surface area contributed by atoms with Crippen molar-refractivity contribution >= 4 is 17.4 Å². The van der Waals surface area contributed by atoms with E-state index in [2.05, 4.69) is 9.88 Å². The molecule has 1 N–H and O–H groups in total. The van der Waals surface area contributed by atoms with Crippen molar-refractivity contribution in [2.24, 2.45) is 0 Å². The zero-order chi connectivity index (χ0) is 22.7. The lowest BCUT2D eigenvalue weighted by atomic mass is 9.96. The minimum absolute atomic E-state index is 0.0122. The van der Waals surface area contributed by atoms with Crippen LogP contribution in [0.2, 0.25) is 0 Å². The van der Waals surface area contributed by atoms with Crippen LogP contribution in [0.5, 0.6) is 5.75 Å². The van der Waals surface area contributed by atoms with E-state index in [0.717, 1.165) is 19.2 Å². The Morgan fingerprint density at radius 3 is 2.56 bits per heavy atom. The second-order valence-corrected chi connectivity index (χ2v) is 7.58. The fourth-order valence-electron chi connectivity index (χ4n) is 4.05. The molecule has 1 aromatic heterocycles. The van der Waals surface area contributed by atoms with Gasteiger partial charge in [0.1, 0.15) is 5.76 Å². The van der Waals surface area contributed by atoms with E-state index in [1.54, 1.807) is 24.5 Å². The Hall–Kier alpha value is -3.30. The number of likely N-dealkylation sites (tertiary alicyclic amines) is 1. The van der Waals surface area contributed by atoms with E-state index >= 15 is 0 Å². The third kappa shape index (κ3) is 4.21. The molecule has 3 heterocycles. The summed E-state index contributed by atoms with van der Waals surface area (Å²) in [5.74, 6) is -2.60. The van der Waals surface area contributed by atoms with Crippen LogP contribution in [-0.4, -0.2) is 78.1 Å². The van der Waals surface area contributed by atoms with Crippen LogP contribution in [0.15, 0.2) is 48.3 Å². The van der Waals surface area contributed by atoms with E-state index < -0.39 is 29.3 Å². The van der Waals surface area contributed by atoms with Crippen molar-refractivity contribution < 1.29 is 28.6 Å². The first-order chi connectivity index (χ1) is 15.5. The number of hydrogen-bond acceptors (Lipinski definition) is 7. The normalized spacial score (nSPS) is 21.2. The van der Waals surface area contributed by atoms with Crippen LogP contribution in [0.25, 0.3) is 5.76 Å². The summed E-state index contributed by atoms with van der Waals surface area (Å²) in [6.07, 6.45) is 3.12. The molecule has 0 radical (unpaired) electrons. The molecule has 2 aliphatic rings. The zero-order valence-electron chi connectivity index (χ0n) is 17.7. The molecule has 32 heavy (non-hydrogen) atoms.